The van der Waals surface area contributed by atoms with Gasteiger partial charge in [0.1, 0.15) is 0 Å². The number of benzene rings is 2. The van der Waals surface area contributed by atoms with E-state index in [1.54, 1.807) is 24.3 Å². The summed E-state index contributed by atoms with van der Waals surface area (Å²) in [5.74, 6) is 0.869. The highest BCUT2D eigenvalue weighted by atomic mass is 32.2. The van der Waals surface area contributed by atoms with Crippen molar-refractivity contribution in [3.05, 3.63) is 48.5 Å². The molecule has 1 fully saturated rings. The van der Waals surface area contributed by atoms with Crippen LogP contribution in [0.25, 0.3) is 0 Å². The van der Waals surface area contributed by atoms with Gasteiger partial charge in [-0.25, -0.2) is 16.8 Å². The molecule has 0 saturated carbocycles. The van der Waals surface area contributed by atoms with Crippen LogP contribution in [-0.2, 0) is 19.9 Å². The highest BCUT2D eigenvalue weighted by Gasteiger charge is 2.39. The summed E-state index contributed by atoms with van der Waals surface area (Å²) in [5.41, 5.74) is 0. The van der Waals surface area contributed by atoms with E-state index in [4.69, 9.17) is 9.47 Å². The van der Waals surface area contributed by atoms with Crippen LogP contribution < -0.4 is 9.47 Å². The summed E-state index contributed by atoms with van der Waals surface area (Å²) >= 11 is 0. The molecule has 2 aromatic carbocycles. The smallest absolute Gasteiger partial charge is 0.243 e. The highest BCUT2D eigenvalue weighted by Crippen LogP contribution is 2.35. The minimum atomic E-state index is -3.80. The van der Waals surface area contributed by atoms with Crippen LogP contribution in [0.2, 0.25) is 0 Å². The summed E-state index contributed by atoms with van der Waals surface area (Å²) in [7, 11) is -7.38. The Bertz CT molecular complexity index is 1030. The molecule has 0 N–H and O–H groups in total. The van der Waals surface area contributed by atoms with Gasteiger partial charge in [-0.15, -0.1) is 0 Å². The molecule has 7 nitrogen and oxygen atoms in total. The minimum absolute atomic E-state index is 0.0555. The first-order chi connectivity index (χ1) is 12.4. The van der Waals surface area contributed by atoms with E-state index in [-0.39, 0.29) is 36.1 Å². The van der Waals surface area contributed by atoms with Crippen molar-refractivity contribution < 1.29 is 26.3 Å². The second kappa shape index (κ2) is 6.26. The van der Waals surface area contributed by atoms with Gasteiger partial charge in [0.2, 0.25) is 16.8 Å². The molecule has 2 aliphatic heterocycles. The quantitative estimate of drug-likeness (QED) is 0.782. The van der Waals surface area contributed by atoms with Crippen molar-refractivity contribution in [3.8, 4) is 11.5 Å². The first kappa shape index (κ1) is 17.3. The van der Waals surface area contributed by atoms with E-state index in [1.807, 2.05) is 0 Å². The average Bonchev–Trinajstić information content (AvgIpc) is 3.31. The van der Waals surface area contributed by atoms with Crippen LogP contribution in [-0.4, -0.2) is 46.3 Å². The molecule has 138 valence electrons. The van der Waals surface area contributed by atoms with Gasteiger partial charge in [0.15, 0.2) is 21.3 Å². The van der Waals surface area contributed by atoms with Crippen molar-refractivity contribution in [1.29, 1.82) is 0 Å². The molecule has 0 bridgehead atoms. The number of fused-ring (bicyclic) bond motifs is 1. The Morgan fingerprint density at radius 3 is 2.38 bits per heavy atom. The van der Waals surface area contributed by atoms with Crippen LogP contribution in [0.5, 0.6) is 11.5 Å². The molecule has 0 spiro atoms. The van der Waals surface area contributed by atoms with Crippen LogP contribution in [0.1, 0.15) is 6.42 Å². The molecule has 26 heavy (non-hydrogen) atoms. The Labute approximate surface area is 152 Å². The predicted octanol–water partition coefficient (Wildman–Crippen LogP) is 1.65. The van der Waals surface area contributed by atoms with Gasteiger partial charge in [0.25, 0.3) is 0 Å². The third kappa shape index (κ3) is 2.85. The number of nitrogens with zero attached hydrogens (tertiary/aromatic N) is 1. The number of ether oxygens (including phenoxy) is 2. The Balaban J connectivity index is 1.58. The van der Waals surface area contributed by atoms with Gasteiger partial charge in [0.05, 0.1) is 15.0 Å². The fraction of sp³-hybridized carbons (Fsp3) is 0.294. The van der Waals surface area contributed by atoms with Crippen LogP contribution in [0, 0.1) is 0 Å². The van der Waals surface area contributed by atoms with Gasteiger partial charge in [-0.1, -0.05) is 18.2 Å². The fourth-order valence-electron chi connectivity index (χ4n) is 3.16. The maximum absolute atomic E-state index is 12.9. The largest absolute Gasteiger partial charge is 0.454 e. The van der Waals surface area contributed by atoms with Crippen molar-refractivity contribution in [2.24, 2.45) is 0 Å². The SMILES string of the molecule is O=S(=O)(c1ccccc1)[C@H]1CCN(S(=O)(=O)c2ccc3c(c2)OCO3)C1. The topological polar surface area (TPSA) is 90.0 Å². The van der Waals surface area contributed by atoms with Crippen molar-refractivity contribution in [2.75, 3.05) is 19.9 Å². The minimum Gasteiger partial charge on any atom is -0.454 e. The van der Waals surface area contributed by atoms with E-state index >= 15 is 0 Å². The van der Waals surface area contributed by atoms with Crippen molar-refractivity contribution >= 4 is 19.9 Å². The maximum atomic E-state index is 12.9. The van der Waals surface area contributed by atoms with E-state index in [1.165, 1.54) is 28.6 Å². The first-order valence-corrected chi connectivity index (χ1v) is 11.1. The van der Waals surface area contributed by atoms with E-state index in [0.717, 1.165) is 0 Å². The summed E-state index contributed by atoms with van der Waals surface area (Å²) in [5, 5.41) is -0.756. The summed E-state index contributed by atoms with van der Waals surface area (Å²) in [4.78, 5) is 0.284. The highest BCUT2D eigenvalue weighted by molar-refractivity contribution is 7.92. The zero-order chi connectivity index (χ0) is 18.4. The zero-order valence-electron chi connectivity index (χ0n) is 13.7. The Morgan fingerprint density at radius 2 is 1.62 bits per heavy atom. The molecule has 9 heteroatoms. The molecule has 1 saturated heterocycles. The van der Waals surface area contributed by atoms with E-state index in [2.05, 4.69) is 0 Å². The summed E-state index contributed by atoms with van der Waals surface area (Å²) in [6.07, 6.45) is 0.265. The molecule has 0 radical (unpaired) electrons. The number of sulfonamides is 1. The monoisotopic (exact) mass is 395 g/mol. The Kier molecular flexibility index (Phi) is 4.17. The molecule has 2 aromatic rings. The van der Waals surface area contributed by atoms with Crippen LogP contribution in [0.3, 0.4) is 0 Å². The normalized spacial score (nSPS) is 20.4. The van der Waals surface area contributed by atoms with E-state index in [9.17, 15) is 16.8 Å². The lowest BCUT2D eigenvalue weighted by Gasteiger charge is -2.17. The summed E-state index contributed by atoms with van der Waals surface area (Å²) in [6, 6.07) is 12.5. The number of rotatable bonds is 4. The van der Waals surface area contributed by atoms with Gasteiger partial charge in [0, 0.05) is 19.2 Å². The summed E-state index contributed by atoms with van der Waals surface area (Å²) < 4.78 is 62.9. The molecule has 0 unspecified atom stereocenters. The second-order valence-corrected chi connectivity index (χ2v) is 10.3. The molecule has 2 aliphatic rings. The van der Waals surface area contributed by atoms with Crippen LogP contribution in [0.4, 0.5) is 0 Å². The lowest BCUT2D eigenvalue weighted by Crippen LogP contribution is -2.32. The van der Waals surface area contributed by atoms with E-state index < -0.39 is 25.1 Å². The van der Waals surface area contributed by atoms with Crippen molar-refractivity contribution in [3.63, 3.8) is 0 Å². The standard InChI is InChI=1S/C17H17NO6S2/c19-25(20,13-4-2-1-3-5-13)15-8-9-18(11-15)26(21,22)14-6-7-16-17(10-14)24-12-23-16/h1-7,10,15H,8-9,11-12H2/t15-/m0/s1. The molecule has 1 atom stereocenters. The molecule has 0 aromatic heterocycles. The van der Waals surface area contributed by atoms with Crippen molar-refractivity contribution in [2.45, 2.75) is 21.5 Å². The molecule has 2 heterocycles. The maximum Gasteiger partial charge on any atom is 0.243 e. The molecule has 0 aliphatic carbocycles. The van der Waals surface area contributed by atoms with Crippen molar-refractivity contribution in [1.82, 2.24) is 4.31 Å². The third-order valence-electron chi connectivity index (χ3n) is 4.60. The number of sulfone groups is 1. The van der Waals surface area contributed by atoms with Gasteiger partial charge >= 0.3 is 0 Å². The lowest BCUT2D eigenvalue weighted by atomic mass is 10.3. The Morgan fingerprint density at radius 1 is 0.885 bits per heavy atom. The molecule has 0 amide bonds. The van der Waals surface area contributed by atoms with Crippen LogP contribution in [0.15, 0.2) is 58.3 Å². The number of hydrogen-bond acceptors (Lipinski definition) is 6. The zero-order valence-corrected chi connectivity index (χ0v) is 15.4. The lowest BCUT2D eigenvalue weighted by molar-refractivity contribution is 0.174. The molecular weight excluding hydrogens is 378 g/mol. The predicted molar refractivity (Wildman–Crippen MR) is 93.4 cm³/mol. The van der Waals surface area contributed by atoms with Gasteiger partial charge < -0.3 is 9.47 Å². The van der Waals surface area contributed by atoms with E-state index in [0.29, 0.717) is 11.5 Å². The molecular formula is C17H17NO6S2. The van der Waals surface area contributed by atoms with Gasteiger partial charge in [-0.3, -0.25) is 0 Å². The van der Waals surface area contributed by atoms with Gasteiger partial charge in [-0.2, -0.15) is 4.31 Å². The first-order valence-electron chi connectivity index (χ1n) is 8.08. The Hall–Kier alpha value is -2.10. The molecule has 4 rings (SSSR count). The van der Waals surface area contributed by atoms with Crippen LogP contribution >= 0.6 is 0 Å². The fourth-order valence-corrected chi connectivity index (χ4v) is 6.48. The third-order valence-corrected chi connectivity index (χ3v) is 8.65. The number of hydrogen-bond donors (Lipinski definition) is 0. The van der Waals surface area contributed by atoms with Gasteiger partial charge in [-0.05, 0) is 30.7 Å². The summed E-state index contributed by atoms with van der Waals surface area (Å²) in [6.45, 7) is 0.154. The average molecular weight is 395 g/mol. The second-order valence-electron chi connectivity index (χ2n) is 6.15.